The van der Waals surface area contributed by atoms with Gasteiger partial charge in [-0.15, -0.1) is 0 Å². The molecule has 31 heavy (non-hydrogen) atoms. The molecule has 1 amide bonds. The van der Waals surface area contributed by atoms with Crippen LogP contribution in [0.5, 0.6) is 0 Å². The van der Waals surface area contributed by atoms with Crippen LogP contribution in [0.4, 0.5) is 0 Å². The zero-order chi connectivity index (χ0) is 22.9. The number of aliphatic hydroxyl groups excluding tert-OH is 1. The number of carbonyl (C=O) groups is 3. The zero-order valence-corrected chi connectivity index (χ0v) is 18.3. The number of amides is 1. The Hall–Kier alpha value is -3.33. The molecule has 1 aliphatic rings. The summed E-state index contributed by atoms with van der Waals surface area (Å²) in [6.45, 7) is 4.36. The van der Waals surface area contributed by atoms with Gasteiger partial charge in [0.1, 0.15) is 23.3 Å². The lowest BCUT2D eigenvalue weighted by atomic mass is 9.97. The molecule has 1 saturated heterocycles. The van der Waals surface area contributed by atoms with Crippen LogP contribution in [0.25, 0.3) is 5.76 Å². The number of methoxy groups -OCH3 is 1. The third-order valence-corrected chi connectivity index (χ3v) is 5.42. The Bertz CT molecular complexity index is 1030. The Labute approximate surface area is 180 Å². The van der Waals surface area contributed by atoms with Crippen molar-refractivity contribution in [3.05, 3.63) is 52.2 Å². The van der Waals surface area contributed by atoms with Gasteiger partial charge in [-0.05, 0) is 58.6 Å². The molecule has 166 valence electrons. The number of ether oxygens (including phenoxy) is 1. The Morgan fingerprint density at radius 2 is 2.03 bits per heavy atom. The number of hydrogen-bond donors (Lipinski definition) is 2. The Kier molecular flexibility index (Phi) is 6.35. The fraction of sp³-hybridized carbons (Fsp3) is 0.409. The second kappa shape index (κ2) is 8.81. The molecule has 0 unspecified atom stereocenters. The van der Waals surface area contributed by atoms with E-state index in [-0.39, 0.29) is 17.0 Å². The molecule has 9 heteroatoms. The number of furan rings is 1. The number of aryl methyl sites for hydroxylation is 1. The summed E-state index contributed by atoms with van der Waals surface area (Å²) in [5.74, 6) is -2.05. The van der Waals surface area contributed by atoms with Gasteiger partial charge in [-0.1, -0.05) is 0 Å². The first-order chi connectivity index (χ1) is 14.7. The average molecular weight is 429 g/mol. The van der Waals surface area contributed by atoms with Crippen LogP contribution in [-0.4, -0.2) is 71.8 Å². The van der Waals surface area contributed by atoms with E-state index in [1.807, 2.05) is 19.0 Å². The Balaban J connectivity index is 2.12. The standard InChI is InChI=1S/C22H27N3O6/c1-12-15(13(2)23-17(12)22(29)30-5)19(26)16-18(14-8-6-11-31-14)25(21(28)20(16)27)10-7-9-24(3)4/h6,8,11,18,23,26H,7,9-10H2,1-5H3/b19-16+/t18-/m0/s1. The number of likely N-dealkylation sites (tertiary alicyclic amines) is 1. The fourth-order valence-electron chi connectivity index (χ4n) is 3.96. The second-order valence-electron chi connectivity index (χ2n) is 7.78. The van der Waals surface area contributed by atoms with Crippen LogP contribution >= 0.6 is 0 Å². The molecule has 2 aromatic heterocycles. The van der Waals surface area contributed by atoms with Gasteiger partial charge in [0.25, 0.3) is 11.7 Å². The molecule has 0 spiro atoms. The van der Waals surface area contributed by atoms with Gasteiger partial charge in [-0.3, -0.25) is 9.59 Å². The van der Waals surface area contributed by atoms with E-state index >= 15 is 0 Å². The molecule has 1 atom stereocenters. The Morgan fingerprint density at radius 3 is 2.61 bits per heavy atom. The van der Waals surface area contributed by atoms with Crippen LogP contribution in [0, 0.1) is 13.8 Å². The number of nitrogens with one attached hydrogen (secondary N) is 1. The van der Waals surface area contributed by atoms with Crippen molar-refractivity contribution in [3.8, 4) is 0 Å². The molecule has 0 bridgehead atoms. The van der Waals surface area contributed by atoms with Crippen LogP contribution in [0.1, 0.15) is 45.5 Å². The molecule has 0 radical (unpaired) electrons. The summed E-state index contributed by atoms with van der Waals surface area (Å²) in [7, 11) is 5.11. The highest BCUT2D eigenvalue weighted by molar-refractivity contribution is 6.46. The smallest absolute Gasteiger partial charge is 0.354 e. The summed E-state index contributed by atoms with van der Waals surface area (Å²) in [6, 6.07) is 2.48. The number of rotatable bonds is 7. The van der Waals surface area contributed by atoms with E-state index in [4.69, 9.17) is 9.15 Å². The van der Waals surface area contributed by atoms with Gasteiger partial charge in [-0.25, -0.2) is 4.79 Å². The summed E-state index contributed by atoms with van der Waals surface area (Å²) in [6.07, 6.45) is 2.10. The Morgan fingerprint density at radius 1 is 1.32 bits per heavy atom. The first kappa shape index (κ1) is 22.4. The van der Waals surface area contributed by atoms with Gasteiger partial charge >= 0.3 is 5.97 Å². The number of H-pyrrole nitrogens is 1. The number of esters is 1. The quantitative estimate of drug-likeness (QED) is 0.300. The fourth-order valence-corrected chi connectivity index (χ4v) is 3.96. The van der Waals surface area contributed by atoms with Crippen molar-refractivity contribution in [2.24, 2.45) is 0 Å². The SMILES string of the molecule is COC(=O)c1[nH]c(C)c(/C(O)=C2\C(=O)C(=O)N(CCCN(C)C)[C@H]2c2ccco2)c1C. The van der Waals surface area contributed by atoms with Crippen molar-refractivity contribution in [2.45, 2.75) is 26.3 Å². The minimum Gasteiger partial charge on any atom is -0.507 e. The number of aliphatic hydroxyl groups is 1. The molecule has 9 nitrogen and oxygen atoms in total. The van der Waals surface area contributed by atoms with Crippen molar-refractivity contribution in [1.82, 2.24) is 14.8 Å². The third-order valence-electron chi connectivity index (χ3n) is 5.42. The van der Waals surface area contributed by atoms with Crippen molar-refractivity contribution in [2.75, 3.05) is 34.3 Å². The summed E-state index contributed by atoms with van der Waals surface area (Å²) in [4.78, 5) is 44.2. The maximum atomic E-state index is 13.0. The van der Waals surface area contributed by atoms with Crippen LogP contribution in [0.2, 0.25) is 0 Å². The van der Waals surface area contributed by atoms with Gasteiger partial charge in [0.2, 0.25) is 0 Å². The first-order valence-electron chi connectivity index (χ1n) is 9.93. The maximum Gasteiger partial charge on any atom is 0.354 e. The minimum atomic E-state index is -0.854. The van der Waals surface area contributed by atoms with E-state index in [9.17, 15) is 19.5 Å². The molecule has 1 aliphatic heterocycles. The highest BCUT2D eigenvalue weighted by Gasteiger charge is 2.47. The summed E-state index contributed by atoms with van der Waals surface area (Å²) >= 11 is 0. The monoisotopic (exact) mass is 429 g/mol. The molecule has 3 rings (SSSR count). The molecular formula is C22H27N3O6. The van der Waals surface area contributed by atoms with Gasteiger partial charge < -0.3 is 29.0 Å². The van der Waals surface area contributed by atoms with E-state index in [1.165, 1.54) is 18.3 Å². The van der Waals surface area contributed by atoms with E-state index in [0.29, 0.717) is 35.5 Å². The molecule has 1 fully saturated rings. The summed E-state index contributed by atoms with van der Waals surface area (Å²) in [5.41, 5.74) is 1.32. The molecule has 0 aliphatic carbocycles. The van der Waals surface area contributed by atoms with E-state index in [0.717, 1.165) is 6.54 Å². The second-order valence-corrected chi connectivity index (χ2v) is 7.78. The summed E-state index contributed by atoms with van der Waals surface area (Å²) in [5, 5.41) is 11.2. The number of nitrogens with zero attached hydrogens (tertiary/aromatic N) is 2. The van der Waals surface area contributed by atoms with Crippen LogP contribution < -0.4 is 0 Å². The molecule has 0 saturated carbocycles. The highest BCUT2D eigenvalue weighted by atomic mass is 16.5. The number of carbonyl (C=O) groups excluding carboxylic acids is 3. The molecular weight excluding hydrogens is 402 g/mol. The van der Waals surface area contributed by atoms with Crippen molar-refractivity contribution < 1.29 is 28.6 Å². The average Bonchev–Trinajstić information content (AvgIpc) is 3.40. The number of hydrogen-bond acceptors (Lipinski definition) is 7. The van der Waals surface area contributed by atoms with Gasteiger partial charge in [0.15, 0.2) is 0 Å². The zero-order valence-electron chi connectivity index (χ0n) is 18.3. The normalized spacial score (nSPS) is 18.3. The molecule has 3 heterocycles. The predicted octanol–water partition coefficient (Wildman–Crippen LogP) is 2.38. The van der Waals surface area contributed by atoms with E-state index < -0.39 is 23.7 Å². The van der Waals surface area contributed by atoms with Crippen molar-refractivity contribution in [3.63, 3.8) is 0 Å². The number of Topliss-reactive ketones (excluding diaryl/α,β-unsaturated/α-hetero) is 1. The lowest BCUT2D eigenvalue weighted by molar-refractivity contribution is -0.140. The van der Waals surface area contributed by atoms with Gasteiger partial charge in [0.05, 0.1) is 18.9 Å². The molecule has 2 aromatic rings. The van der Waals surface area contributed by atoms with Crippen LogP contribution in [0.15, 0.2) is 28.4 Å². The predicted molar refractivity (Wildman–Crippen MR) is 112 cm³/mol. The molecule has 2 N–H and O–H groups in total. The van der Waals surface area contributed by atoms with Crippen molar-refractivity contribution in [1.29, 1.82) is 0 Å². The van der Waals surface area contributed by atoms with Crippen molar-refractivity contribution >= 4 is 23.4 Å². The van der Waals surface area contributed by atoms with E-state index in [2.05, 4.69) is 4.98 Å². The largest absolute Gasteiger partial charge is 0.507 e. The lowest BCUT2D eigenvalue weighted by Gasteiger charge is -2.24. The first-order valence-corrected chi connectivity index (χ1v) is 9.93. The number of aromatic amines is 1. The third kappa shape index (κ3) is 4.00. The number of ketones is 1. The highest BCUT2D eigenvalue weighted by Crippen LogP contribution is 2.41. The van der Waals surface area contributed by atoms with Gasteiger partial charge in [0, 0.05) is 17.8 Å². The minimum absolute atomic E-state index is 0.0635. The number of aromatic nitrogens is 1. The van der Waals surface area contributed by atoms with Crippen LogP contribution in [-0.2, 0) is 14.3 Å². The lowest BCUT2D eigenvalue weighted by Crippen LogP contribution is -2.32. The maximum absolute atomic E-state index is 13.0. The molecule has 0 aromatic carbocycles. The van der Waals surface area contributed by atoms with Crippen LogP contribution in [0.3, 0.4) is 0 Å². The summed E-state index contributed by atoms with van der Waals surface area (Å²) < 4.78 is 10.3. The topological polar surface area (TPSA) is 116 Å². The van der Waals surface area contributed by atoms with E-state index in [1.54, 1.807) is 26.0 Å². The van der Waals surface area contributed by atoms with Gasteiger partial charge in [-0.2, -0.15) is 0 Å².